The molecule has 0 amide bonds. The Morgan fingerprint density at radius 3 is 2.33 bits per heavy atom. The van der Waals surface area contributed by atoms with E-state index in [4.69, 9.17) is 5.11 Å². The minimum atomic E-state index is -0.00611. The van der Waals surface area contributed by atoms with Crippen LogP contribution in [0.2, 0.25) is 0 Å². The van der Waals surface area contributed by atoms with Gasteiger partial charge in [-0.2, -0.15) is 0 Å². The smallest absolute Gasteiger partial charge is 0.105 e. The summed E-state index contributed by atoms with van der Waals surface area (Å²) >= 11 is 0. The van der Waals surface area contributed by atoms with Crippen molar-refractivity contribution < 1.29 is 5.11 Å². The number of nitrogens with one attached hydrogen (secondary N) is 2. The molecule has 3 heteroatoms. The fourth-order valence-corrected chi connectivity index (χ4v) is 0.181. The maximum absolute atomic E-state index is 8.02. The van der Waals surface area contributed by atoms with Crippen LogP contribution in [0.3, 0.4) is 0 Å². The lowest BCUT2D eigenvalue weighted by Gasteiger charge is -1.95. The van der Waals surface area contributed by atoms with Gasteiger partial charge in [0.05, 0.1) is 0 Å². The average Bonchev–Trinajstić information content (AvgIpc) is 1.61. The van der Waals surface area contributed by atoms with Crippen molar-refractivity contribution in [1.82, 2.24) is 10.9 Å². The minimum Gasteiger partial charge on any atom is -0.380 e. The molecule has 0 aromatic carbocycles. The van der Waals surface area contributed by atoms with Crippen LogP contribution in [0, 0.1) is 0 Å². The van der Waals surface area contributed by atoms with Crippen LogP contribution < -0.4 is 10.9 Å². The molecule has 0 aromatic heterocycles. The first-order valence-corrected chi connectivity index (χ1v) is 1.98. The van der Waals surface area contributed by atoms with Crippen molar-refractivity contribution in [1.29, 1.82) is 0 Å². The molecule has 0 saturated heterocycles. The predicted molar refractivity (Wildman–Crippen MR) is 23.9 cm³/mol. The summed E-state index contributed by atoms with van der Waals surface area (Å²) < 4.78 is 0. The Bertz CT molecular complexity index is 20.8. The molecule has 38 valence electrons. The van der Waals surface area contributed by atoms with Gasteiger partial charge in [-0.15, -0.1) is 0 Å². The zero-order valence-electron chi connectivity index (χ0n) is 3.86. The first-order valence-electron chi connectivity index (χ1n) is 1.98. The fourth-order valence-electron chi connectivity index (χ4n) is 0.181. The highest BCUT2D eigenvalue weighted by molar-refractivity contribution is 4.20. The molecule has 0 spiro atoms. The Labute approximate surface area is 37.3 Å². The van der Waals surface area contributed by atoms with Gasteiger partial charge in [0.2, 0.25) is 0 Å². The number of hydrogen-bond acceptors (Lipinski definition) is 3. The first kappa shape index (κ1) is 5.88. The summed E-state index contributed by atoms with van der Waals surface area (Å²) in [5.74, 6) is 0. The van der Waals surface area contributed by atoms with E-state index in [1.165, 1.54) is 0 Å². The van der Waals surface area contributed by atoms with Gasteiger partial charge >= 0.3 is 0 Å². The van der Waals surface area contributed by atoms with Crippen LogP contribution in [0.5, 0.6) is 0 Å². The lowest BCUT2D eigenvalue weighted by molar-refractivity contribution is 0.240. The molecule has 3 nitrogen and oxygen atoms in total. The SMILES string of the molecule is CCNNCO. The lowest BCUT2D eigenvalue weighted by Crippen LogP contribution is -2.31. The van der Waals surface area contributed by atoms with E-state index in [2.05, 4.69) is 10.9 Å². The second kappa shape index (κ2) is 4.88. The Hall–Kier alpha value is -0.120. The van der Waals surface area contributed by atoms with Gasteiger partial charge in [0.1, 0.15) is 6.73 Å². The molecule has 0 bridgehead atoms. The molecule has 0 radical (unpaired) electrons. The van der Waals surface area contributed by atoms with E-state index in [1.807, 2.05) is 6.92 Å². The molecule has 0 aromatic rings. The third-order valence-corrected chi connectivity index (χ3v) is 0.381. The molecule has 0 unspecified atom stereocenters. The fraction of sp³-hybridized carbons (Fsp3) is 1.00. The summed E-state index contributed by atoms with van der Waals surface area (Å²) in [6.45, 7) is 2.77. The Morgan fingerprint density at radius 2 is 2.17 bits per heavy atom. The summed E-state index contributed by atoms with van der Waals surface area (Å²) in [7, 11) is 0. The van der Waals surface area contributed by atoms with Crippen molar-refractivity contribution in [3.05, 3.63) is 0 Å². The van der Waals surface area contributed by atoms with Gasteiger partial charge in [0.15, 0.2) is 0 Å². The highest BCUT2D eigenvalue weighted by Gasteiger charge is 1.68. The molecule has 0 aliphatic rings. The van der Waals surface area contributed by atoms with E-state index in [1.54, 1.807) is 0 Å². The van der Waals surface area contributed by atoms with Crippen LogP contribution in [-0.4, -0.2) is 18.4 Å². The molecule has 0 aliphatic carbocycles. The number of rotatable bonds is 3. The predicted octanol–water partition coefficient (Wildman–Crippen LogP) is -0.950. The van der Waals surface area contributed by atoms with Gasteiger partial charge in [-0.3, -0.25) is 5.43 Å². The summed E-state index contributed by atoms with van der Waals surface area (Å²) in [5.41, 5.74) is 5.20. The molecule has 0 atom stereocenters. The molecular weight excluding hydrogens is 80.0 g/mol. The standard InChI is InChI=1S/C3H10N2O/c1-2-4-5-3-6/h4-6H,2-3H2,1H3. The number of aliphatic hydroxyl groups excluding tert-OH is 1. The maximum Gasteiger partial charge on any atom is 0.105 e. The van der Waals surface area contributed by atoms with E-state index >= 15 is 0 Å². The van der Waals surface area contributed by atoms with Gasteiger partial charge in [0, 0.05) is 6.54 Å². The van der Waals surface area contributed by atoms with Gasteiger partial charge in [-0.05, 0) is 0 Å². The van der Waals surface area contributed by atoms with E-state index in [9.17, 15) is 0 Å². The Kier molecular flexibility index (Phi) is 4.78. The number of hydrazine groups is 1. The van der Waals surface area contributed by atoms with E-state index in [0.29, 0.717) is 0 Å². The largest absolute Gasteiger partial charge is 0.380 e. The van der Waals surface area contributed by atoms with Crippen LogP contribution in [0.15, 0.2) is 0 Å². The second-order valence-corrected chi connectivity index (χ2v) is 0.865. The van der Waals surface area contributed by atoms with Crippen molar-refractivity contribution in [2.75, 3.05) is 13.3 Å². The molecule has 0 heterocycles. The normalized spacial score (nSPS) is 9.00. The Balaban J connectivity index is 2.34. The van der Waals surface area contributed by atoms with Gasteiger partial charge < -0.3 is 5.11 Å². The molecule has 6 heavy (non-hydrogen) atoms. The third-order valence-electron chi connectivity index (χ3n) is 0.381. The molecule has 0 saturated carbocycles. The van der Waals surface area contributed by atoms with Gasteiger partial charge in [-0.25, -0.2) is 5.43 Å². The topological polar surface area (TPSA) is 44.3 Å². The molecular formula is C3H10N2O. The highest BCUT2D eigenvalue weighted by Crippen LogP contribution is 1.41. The molecule has 0 rings (SSSR count). The molecule has 0 fully saturated rings. The van der Waals surface area contributed by atoms with Gasteiger partial charge in [-0.1, -0.05) is 6.92 Å². The van der Waals surface area contributed by atoms with Crippen molar-refractivity contribution in [3.63, 3.8) is 0 Å². The summed E-state index contributed by atoms with van der Waals surface area (Å²) in [5, 5.41) is 8.02. The summed E-state index contributed by atoms with van der Waals surface area (Å²) in [6.07, 6.45) is 0. The number of aliphatic hydroxyl groups is 1. The van der Waals surface area contributed by atoms with Crippen molar-refractivity contribution in [3.8, 4) is 0 Å². The Morgan fingerprint density at radius 1 is 1.50 bits per heavy atom. The molecule has 0 aliphatic heterocycles. The van der Waals surface area contributed by atoms with E-state index in [-0.39, 0.29) is 6.73 Å². The summed E-state index contributed by atoms with van der Waals surface area (Å²) in [4.78, 5) is 0. The first-order chi connectivity index (χ1) is 2.91. The average molecular weight is 90.1 g/mol. The van der Waals surface area contributed by atoms with Crippen LogP contribution in [0.1, 0.15) is 6.92 Å². The monoisotopic (exact) mass is 90.1 g/mol. The zero-order valence-corrected chi connectivity index (χ0v) is 3.86. The lowest BCUT2D eigenvalue weighted by atomic mass is 10.8. The van der Waals surface area contributed by atoms with Crippen LogP contribution in [-0.2, 0) is 0 Å². The van der Waals surface area contributed by atoms with Gasteiger partial charge in [0.25, 0.3) is 0 Å². The van der Waals surface area contributed by atoms with Crippen LogP contribution in [0.25, 0.3) is 0 Å². The van der Waals surface area contributed by atoms with Crippen molar-refractivity contribution >= 4 is 0 Å². The second-order valence-electron chi connectivity index (χ2n) is 0.865. The molecule has 3 N–H and O–H groups in total. The van der Waals surface area contributed by atoms with Crippen molar-refractivity contribution in [2.24, 2.45) is 0 Å². The van der Waals surface area contributed by atoms with E-state index < -0.39 is 0 Å². The third kappa shape index (κ3) is 3.88. The minimum absolute atomic E-state index is 0.00611. The quantitative estimate of drug-likeness (QED) is 0.238. The zero-order chi connectivity index (χ0) is 4.83. The van der Waals surface area contributed by atoms with Crippen molar-refractivity contribution in [2.45, 2.75) is 6.92 Å². The number of hydrogen-bond donors (Lipinski definition) is 3. The maximum atomic E-state index is 8.02. The van der Waals surface area contributed by atoms with E-state index in [0.717, 1.165) is 6.54 Å². The highest BCUT2D eigenvalue weighted by atomic mass is 16.3. The van der Waals surface area contributed by atoms with Crippen LogP contribution >= 0.6 is 0 Å². The van der Waals surface area contributed by atoms with Crippen LogP contribution in [0.4, 0.5) is 0 Å². The summed E-state index contributed by atoms with van der Waals surface area (Å²) in [6, 6.07) is 0.